The number of rotatable bonds is 8. The molecule has 3 rings (SSSR count). The first-order valence-electron chi connectivity index (χ1n) is 11.1. The lowest BCUT2D eigenvalue weighted by Crippen LogP contribution is -2.42. The van der Waals surface area contributed by atoms with Gasteiger partial charge in [0.1, 0.15) is 0 Å². The van der Waals surface area contributed by atoms with Gasteiger partial charge in [0.25, 0.3) is 0 Å². The number of hydrogen-bond donors (Lipinski definition) is 2. The zero-order valence-corrected chi connectivity index (χ0v) is 19.7. The van der Waals surface area contributed by atoms with Gasteiger partial charge in [-0.25, -0.2) is 4.79 Å². The van der Waals surface area contributed by atoms with Crippen LogP contribution in [0.3, 0.4) is 0 Å². The molecule has 0 aromatic heterocycles. The fourth-order valence-electron chi connectivity index (χ4n) is 4.08. The van der Waals surface area contributed by atoms with Gasteiger partial charge in [0.15, 0.2) is 11.5 Å². The molecule has 33 heavy (non-hydrogen) atoms. The number of likely N-dealkylation sites (tertiary alicyclic amines) is 1. The van der Waals surface area contributed by atoms with Crippen molar-refractivity contribution in [2.24, 2.45) is 5.92 Å². The van der Waals surface area contributed by atoms with Crippen molar-refractivity contribution in [3.05, 3.63) is 48.0 Å². The summed E-state index contributed by atoms with van der Waals surface area (Å²) in [6.45, 7) is 3.19. The maximum Gasteiger partial charge on any atom is 0.321 e. The molecule has 178 valence electrons. The average Bonchev–Trinajstić information content (AvgIpc) is 2.84. The molecule has 1 saturated heterocycles. The molecule has 8 nitrogen and oxygen atoms in total. The van der Waals surface area contributed by atoms with E-state index in [1.807, 2.05) is 37.3 Å². The van der Waals surface area contributed by atoms with E-state index in [-0.39, 0.29) is 23.9 Å². The van der Waals surface area contributed by atoms with Crippen LogP contribution in [0.5, 0.6) is 17.2 Å². The zero-order valence-electron chi connectivity index (χ0n) is 19.7. The molecule has 1 heterocycles. The molecule has 0 bridgehead atoms. The van der Waals surface area contributed by atoms with E-state index in [4.69, 9.17) is 14.2 Å². The quantitative estimate of drug-likeness (QED) is 0.622. The van der Waals surface area contributed by atoms with Gasteiger partial charge >= 0.3 is 6.03 Å². The molecule has 2 aromatic carbocycles. The number of methoxy groups -OCH3 is 3. The fourth-order valence-corrected chi connectivity index (χ4v) is 4.08. The molecule has 0 saturated carbocycles. The third-order valence-corrected chi connectivity index (χ3v) is 5.97. The molecule has 1 aliphatic rings. The molecule has 2 N–H and O–H groups in total. The van der Waals surface area contributed by atoms with Gasteiger partial charge in [-0.2, -0.15) is 0 Å². The van der Waals surface area contributed by atoms with E-state index in [2.05, 4.69) is 10.6 Å². The Bertz CT molecular complexity index is 917. The maximum absolute atomic E-state index is 12.8. The van der Waals surface area contributed by atoms with E-state index < -0.39 is 0 Å². The van der Waals surface area contributed by atoms with E-state index in [1.54, 1.807) is 17.0 Å². The average molecular weight is 456 g/mol. The Kier molecular flexibility index (Phi) is 8.40. The van der Waals surface area contributed by atoms with Crippen LogP contribution in [0, 0.1) is 5.92 Å². The van der Waals surface area contributed by atoms with Crippen molar-refractivity contribution in [2.75, 3.05) is 39.7 Å². The van der Waals surface area contributed by atoms with Crippen LogP contribution in [0.15, 0.2) is 42.5 Å². The molecule has 0 unspecified atom stereocenters. The minimum atomic E-state index is -0.190. The largest absolute Gasteiger partial charge is 0.493 e. The summed E-state index contributed by atoms with van der Waals surface area (Å²) in [5.41, 5.74) is 1.65. The lowest BCUT2D eigenvalue weighted by molar-refractivity contribution is -0.122. The summed E-state index contributed by atoms with van der Waals surface area (Å²) < 4.78 is 16.0. The van der Waals surface area contributed by atoms with Crippen LogP contribution in [0.2, 0.25) is 0 Å². The number of urea groups is 1. The summed E-state index contributed by atoms with van der Waals surface area (Å²) >= 11 is 0. The maximum atomic E-state index is 12.8. The van der Waals surface area contributed by atoms with E-state index in [0.717, 1.165) is 18.4 Å². The van der Waals surface area contributed by atoms with Crippen molar-refractivity contribution in [3.63, 3.8) is 0 Å². The number of nitrogens with one attached hydrogen (secondary N) is 2. The minimum absolute atomic E-state index is 0.0250. The second kappa shape index (κ2) is 11.4. The van der Waals surface area contributed by atoms with Crippen LogP contribution in [-0.4, -0.2) is 51.3 Å². The third kappa shape index (κ3) is 6.31. The summed E-state index contributed by atoms with van der Waals surface area (Å²) in [5.74, 6) is 1.73. The minimum Gasteiger partial charge on any atom is -0.493 e. The molecule has 1 fully saturated rings. The van der Waals surface area contributed by atoms with Gasteiger partial charge in [0.2, 0.25) is 11.7 Å². The number of piperidine rings is 1. The number of nitrogens with zero attached hydrogens (tertiary/aromatic N) is 1. The van der Waals surface area contributed by atoms with Crippen LogP contribution >= 0.6 is 0 Å². The molecule has 0 radical (unpaired) electrons. The van der Waals surface area contributed by atoms with Crippen LogP contribution in [0.25, 0.3) is 0 Å². The Morgan fingerprint density at radius 1 is 1.00 bits per heavy atom. The normalized spacial score (nSPS) is 14.8. The molecular formula is C25H33N3O5. The van der Waals surface area contributed by atoms with Crippen molar-refractivity contribution < 1.29 is 23.8 Å². The second-order valence-corrected chi connectivity index (χ2v) is 8.18. The number of ether oxygens (including phenoxy) is 3. The molecule has 0 aliphatic carbocycles. The van der Waals surface area contributed by atoms with Gasteiger partial charge in [-0.3, -0.25) is 4.79 Å². The van der Waals surface area contributed by atoms with Gasteiger partial charge in [-0.1, -0.05) is 30.3 Å². The standard InChI is InChI=1S/C25H33N3O5/c1-17(19-8-6-5-7-9-19)26-23(29)14-18-10-12-28(13-11-18)25(30)27-20-15-21(31-2)24(33-4)22(16-20)32-3/h5-9,15-18H,10-14H2,1-4H3,(H,26,29)(H,27,30)/t17-/m1/s1. The van der Waals surface area contributed by atoms with Crippen LogP contribution in [0.4, 0.5) is 10.5 Å². The molecule has 0 spiro atoms. The number of carbonyl (C=O) groups excluding carboxylic acids is 2. The molecule has 2 aromatic rings. The number of carbonyl (C=O) groups is 2. The van der Waals surface area contributed by atoms with Gasteiger partial charge in [0.05, 0.1) is 33.1 Å². The van der Waals surface area contributed by atoms with E-state index >= 15 is 0 Å². The third-order valence-electron chi connectivity index (χ3n) is 5.97. The molecule has 3 amide bonds. The smallest absolute Gasteiger partial charge is 0.321 e. The lowest BCUT2D eigenvalue weighted by atomic mass is 9.93. The number of anilines is 1. The summed E-state index contributed by atoms with van der Waals surface area (Å²) in [7, 11) is 4.60. The summed E-state index contributed by atoms with van der Waals surface area (Å²) in [4.78, 5) is 27.0. The molecule has 1 aliphatic heterocycles. The first-order chi connectivity index (χ1) is 15.9. The number of hydrogen-bond acceptors (Lipinski definition) is 5. The predicted octanol–water partition coefficient (Wildman–Crippen LogP) is 4.22. The number of amides is 3. The summed E-state index contributed by atoms with van der Waals surface area (Å²) in [6, 6.07) is 13.1. The first-order valence-corrected chi connectivity index (χ1v) is 11.1. The van der Waals surface area contributed by atoms with Crippen molar-refractivity contribution in [2.45, 2.75) is 32.2 Å². The van der Waals surface area contributed by atoms with Crippen molar-refractivity contribution >= 4 is 17.6 Å². The number of benzene rings is 2. The second-order valence-electron chi connectivity index (χ2n) is 8.18. The summed E-state index contributed by atoms with van der Waals surface area (Å²) in [6.07, 6.45) is 2.05. The SMILES string of the molecule is COc1cc(NC(=O)N2CCC(CC(=O)N[C@H](C)c3ccccc3)CC2)cc(OC)c1OC. The molecule has 1 atom stereocenters. The van der Waals surface area contributed by atoms with E-state index in [1.165, 1.54) is 21.3 Å². The summed E-state index contributed by atoms with van der Waals surface area (Å²) in [5, 5.41) is 5.98. The van der Waals surface area contributed by atoms with Gasteiger partial charge in [0, 0.05) is 31.6 Å². The van der Waals surface area contributed by atoms with Gasteiger partial charge in [-0.15, -0.1) is 0 Å². The van der Waals surface area contributed by atoms with Crippen molar-refractivity contribution in [1.82, 2.24) is 10.2 Å². The molecular weight excluding hydrogens is 422 g/mol. The highest BCUT2D eigenvalue weighted by Gasteiger charge is 2.25. The molecule has 8 heteroatoms. The van der Waals surface area contributed by atoms with Crippen LogP contribution in [-0.2, 0) is 4.79 Å². The van der Waals surface area contributed by atoms with Crippen molar-refractivity contribution in [3.8, 4) is 17.2 Å². The van der Waals surface area contributed by atoms with E-state index in [9.17, 15) is 9.59 Å². The van der Waals surface area contributed by atoms with Crippen LogP contribution < -0.4 is 24.8 Å². The van der Waals surface area contributed by atoms with Gasteiger partial charge < -0.3 is 29.7 Å². The Balaban J connectivity index is 1.49. The Morgan fingerprint density at radius 2 is 1.61 bits per heavy atom. The zero-order chi connectivity index (χ0) is 23.8. The van der Waals surface area contributed by atoms with E-state index in [0.29, 0.717) is 42.4 Å². The monoisotopic (exact) mass is 455 g/mol. The Morgan fingerprint density at radius 3 is 2.15 bits per heavy atom. The Hall–Kier alpha value is -3.42. The topological polar surface area (TPSA) is 89.1 Å². The lowest BCUT2D eigenvalue weighted by Gasteiger charge is -2.32. The van der Waals surface area contributed by atoms with Crippen LogP contribution in [0.1, 0.15) is 37.8 Å². The van der Waals surface area contributed by atoms with Gasteiger partial charge in [-0.05, 0) is 31.2 Å². The predicted molar refractivity (Wildman–Crippen MR) is 127 cm³/mol. The highest BCUT2D eigenvalue weighted by atomic mass is 16.5. The fraction of sp³-hybridized carbons (Fsp3) is 0.440. The highest BCUT2D eigenvalue weighted by molar-refractivity contribution is 5.90. The van der Waals surface area contributed by atoms with Crippen molar-refractivity contribution in [1.29, 1.82) is 0 Å². The Labute approximate surface area is 195 Å². The highest BCUT2D eigenvalue weighted by Crippen LogP contribution is 2.40. The first kappa shape index (κ1) is 24.2.